The van der Waals surface area contributed by atoms with Gasteiger partial charge in [0.1, 0.15) is 5.82 Å². The van der Waals surface area contributed by atoms with Crippen LogP contribution in [0.15, 0.2) is 11.2 Å². The van der Waals surface area contributed by atoms with Gasteiger partial charge >= 0.3 is 0 Å². The number of aromatic nitrogens is 2. The Morgan fingerprint density at radius 1 is 1.55 bits per heavy atom. The normalized spacial score (nSPS) is 22.9. The molecule has 1 fully saturated rings. The second kappa shape index (κ2) is 5.46. The summed E-state index contributed by atoms with van der Waals surface area (Å²) in [5.74, 6) is 0.720. The number of nitrogens with one attached hydrogen (secondary N) is 2. The second-order valence-corrected chi connectivity index (χ2v) is 7.70. The van der Waals surface area contributed by atoms with Crippen molar-refractivity contribution in [3.8, 4) is 0 Å². The summed E-state index contributed by atoms with van der Waals surface area (Å²) in [6.07, 6.45) is 2.39. The van der Waals surface area contributed by atoms with E-state index in [1.54, 1.807) is 6.20 Å². The van der Waals surface area contributed by atoms with Crippen LogP contribution in [0.2, 0.25) is 0 Å². The van der Waals surface area contributed by atoms with Gasteiger partial charge in [-0.25, -0.2) is 18.1 Å². The monoisotopic (exact) mass is 300 g/mol. The number of imidazole rings is 1. The van der Waals surface area contributed by atoms with E-state index in [1.807, 2.05) is 18.4 Å². The maximum atomic E-state index is 12.5. The molecule has 0 spiro atoms. The molecule has 2 N–H and O–H groups in total. The molecule has 0 radical (unpaired) electrons. The van der Waals surface area contributed by atoms with Crippen LogP contribution in [0.4, 0.5) is 0 Å². The van der Waals surface area contributed by atoms with Crippen LogP contribution < -0.4 is 10.0 Å². The Balaban J connectivity index is 2.22. The van der Waals surface area contributed by atoms with Crippen LogP contribution in [0, 0.1) is 12.3 Å². The minimum absolute atomic E-state index is 0.0687. The summed E-state index contributed by atoms with van der Waals surface area (Å²) in [5.41, 5.74) is -0.103. The Kier molecular flexibility index (Phi) is 4.22. The zero-order valence-electron chi connectivity index (χ0n) is 12.6. The molecule has 0 amide bonds. The summed E-state index contributed by atoms with van der Waals surface area (Å²) in [4.78, 5) is 4.16. The van der Waals surface area contributed by atoms with Gasteiger partial charge < -0.3 is 9.88 Å². The van der Waals surface area contributed by atoms with E-state index >= 15 is 0 Å². The zero-order chi connectivity index (χ0) is 15.0. The molecule has 1 aromatic rings. The highest BCUT2D eigenvalue weighted by Gasteiger charge is 2.35. The minimum Gasteiger partial charge on any atom is -0.334 e. The summed E-state index contributed by atoms with van der Waals surface area (Å²) in [6, 6.07) is -0.0687. The molecule has 114 valence electrons. The lowest BCUT2D eigenvalue weighted by Crippen LogP contribution is -2.54. The van der Waals surface area contributed by atoms with Crippen molar-refractivity contribution in [3.63, 3.8) is 0 Å². The van der Waals surface area contributed by atoms with Gasteiger partial charge in [0.25, 0.3) is 10.0 Å². The van der Waals surface area contributed by atoms with E-state index < -0.39 is 10.0 Å². The standard InChI is InChI=1S/C13H24N4O2S/c1-5-17-8-12(15-10(17)2)20(18,19)16-11-6-7-14-9-13(11,3)4/h8,11,14,16H,5-7,9H2,1-4H3. The summed E-state index contributed by atoms with van der Waals surface area (Å²) in [5, 5.41) is 3.42. The van der Waals surface area contributed by atoms with E-state index in [0.29, 0.717) is 6.54 Å². The van der Waals surface area contributed by atoms with Crippen LogP contribution in [-0.2, 0) is 16.6 Å². The molecule has 1 aliphatic heterocycles. The molecule has 7 heteroatoms. The van der Waals surface area contributed by atoms with Crippen molar-refractivity contribution in [1.82, 2.24) is 19.6 Å². The molecular weight excluding hydrogens is 276 g/mol. The highest BCUT2D eigenvalue weighted by Crippen LogP contribution is 2.26. The van der Waals surface area contributed by atoms with Crippen LogP contribution in [-0.4, -0.2) is 37.1 Å². The predicted octanol–water partition coefficient (Wildman–Crippen LogP) is 0.878. The Hall–Kier alpha value is -0.920. The van der Waals surface area contributed by atoms with E-state index in [4.69, 9.17) is 0 Å². The topological polar surface area (TPSA) is 76.0 Å². The van der Waals surface area contributed by atoms with Gasteiger partial charge in [-0.05, 0) is 32.2 Å². The molecule has 1 unspecified atom stereocenters. The van der Waals surface area contributed by atoms with Gasteiger partial charge in [-0.3, -0.25) is 0 Å². The quantitative estimate of drug-likeness (QED) is 0.865. The van der Waals surface area contributed by atoms with Crippen LogP contribution in [0.3, 0.4) is 0 Å². The summed E-state index contributed by atoms with van der Waals surface area (Å²) in [6.45, 7) is 10.3. The van der Waals surface area contributed by atoms with Crippen molar-refractivity contribution in [1.29, 1.82) is 0 Å². The number of hydrogen-bond acceptors (Lipinski definition) is 4. The third-order valence-corrected chi connectivity index (χ3v) is 5.34. The number of piperidine rings is 1. The SMILES string of the molecule is CCn1cc(S(=O)(=O)NC2CCNCC2(C)C)nc1C. The van der Waals surface area contributed by atoms with E-state index in [2.05, 4.69) is 28.9 Å². The molecule has 1 aliphatic rings. The Morgan fingerprint density at radius 3 is 2.80 bits per heavy atom. The lowest BCUT2D eigenvalue weighted by molar-refractivity contribution is 0.206. The first-order valence-electron chi connectivity index (χ1n) is 7.03. The first-order valence-corrected chi connectivity index (χ1v) is 8.51. The molecule has 0 aliphatic carbocycles. The van der Waals surface area contributed by atoms with Crippen LogP contribution in [0.1, 0.15) is 33.0 Å². The Labute approximate surface area is 121 Å². The van der Waals surface area contributed by atoms with Gasteiger partial charge in [0.2, 0.25) is 0 Å². The summed E-state index contributed by atoms with van der Waals surface area (Å²) >= 11 is 0. The van der Waals surface area contributed by atoms with Crippen LogP contribution >= 0.6 is 0 Å². The van der Waals surface area contributed by atoms with E-state index in [1.165, 1.54) is 0 Å². The second-order valence-electron chi connectivity index (χ2n) is 6.04. The molecule has 6 nitrogen and oxygen atoms in total. The number of sulfonamides is 1. The molecule has 0 aromatic carbocycles. The van der Waals surface area contributed by atoms with Crippen LogP contribution in [0.5, 0.6) is 0 Å². The fourth-order valence-corrected chi connectivity index (χ4v) is 4.02. The number of rotatable bonds is 4. The van der Waals surface area contributed by atoms with E-state index in [-0.39, 0.29) is 16.5 Å². The van der Waals surface area contributed by atoms with Gasteiger partial charge in [-0.1, -0.05) is 13.8 Å². The van der Waals surface area contributed by atoms with Crippen molar-refractivity contribution in [2.45, 2.75) is 51.7 Å². The summed E-state index contributed by atoms with van der Waals surface area (Å²) in [7, 11) is -3.55. The Bertz CT molecular complexity index is 577. The first-order chi connectivity index (χ1) is 9.26. The number of aryl methyl sites for hydroxylation is 2. The average Bonchev–Trinajstić information content (AvgIpc) is 2.74. The average molecular weight is 300 g/mol. The van der Waals surface area contributed by atoms with Crippen molar-refractivity contribution in [3.05, 3.63) is 12.0 Å². The lowest BCUT2D eigenvalue weighted by Gasteiger charge is -2.38. The third kappa shape index (κ3) is 3.05. The smallest absolute Gasteiger partial charge is 0.259 e. The highest BCUT2D eigenvalue weighted by atomic mass is 32.2. The van der Waals surface area contributed by atoms with Crippen LogP contribution in [0.25, 0.3) is 0 Å². The zero-order valence-corrected chi connectivity index (χ0v) is 13.4. The summed E-state index contributed by atoms with van der Waals surface area (Å²) < 4.78 is 29.6. The van der Waals surface area contributed by atoms with Gasteiger partial charge in [0, 0.05) is 25.3 Å². The number of hydrogen-bond donors (Lipinski definition) is 2. The van der Waals surface area contributed by atoms with Crippen molar-refractivity contribution < 1.29 is 8.42 Å². The molecule has 2 rings (SSSR count). The molecule has 0 bridgehead atoms. The van der Waals surface area contributed by atoms with Gasteiger partial charge in [-0.2, -0.15) is 0 Å². The van der Waals surface area contributed by atoms with Crippen molar-refractivity contribution in [2.75, 3.05) is 13.1 Å². The minimum atomic E-state index is -3.55. The molecule has 1 saturated heterocycles. The fourth-order valence-electron chi connectivity index (χ4n) is 2.57. The van der Waals surface area contributed by atoms with Crippen molar-refractivity contribution in [2.24, 2.45) is 5.41 Å². The molecular formula is C13H24N4O2S. The first kappa shape index (κ1) is 15.5. The Morgan fingerprint density at radius 2 is 2.25 bits per heavy atom. The largest absolute Gasteiger partial charge is 0.334 e. The van der Waals surface area contributed by atoms with Crippen molar-refractivity contribution >= 4 is 10.0 Å². The third-order valence-electron chi connectivity index (χ3n) is 4.00. The molecule has 0 saturated carbocycles. The van der Waals surface area contributed by atoms with E-state index in [0.717, 1.165) is 25.3 Å². The number of nitrogens with zero attached hydrogens (tertiary/aromatic N) is 2. The van der Waals surface area contributed by atoms with Gasteiger partial charge in [0.15, 0.2) is 5.03 Å². The maximum absolute atomic E-state index is 12.5. The fraction of sp³-hybridized carbons (Fsp3) is 0.769. The molecule has 20 heavy (non-hydrogen) atoms. The molecule has 1 aromatic heterocycles. The van der Waals surface area contributed by atoms with Gasteiger partial charge in [-0.15, -0.1) is 0 Å². The lowest BCUT2D eigenvalue weighted by atomic mass is 9.81. The molecule has 1 atom stereocenters. The van der Waals surface area contributed by atoms with E-state index in [9.17, 15) is 8.42 Å². The highest BCUT2D eigenvalue weighted by molar-refractivity contribution is 7.89. The molecule has 2 heterocycles. The van der Waals surface area contributed by atoms with Gasteiger partial charge in [0.05, 0.1) is 0 Å². The maximum Gasteiger partial charge on any atom is 0.259 e. The predicted molar refractivity (Wildman–Crippen MR) is 78.0 cm³/mol.